The molecular weight excluding hydrogens is 466 g/mol. The fourth-order valence-corrected chi connectivity index (χ4v) is 3.52. The molecule has 1 saturated heterocycles. The summed E-state index contributed by atoms with van der Waals surface area (Å²) in [6.45, 7) is -0.557. The average Bonchev–Trinajstić information content (AvgIpc) is 2.82. The first-order valence-corrected chi connectivity index (χ1v) is 10.2. The van der Waals surface area contributed by atoms with Gasteiger partial charge in [-0.3, -0.25) is 0 Å². The van der Waals surface area contributed by atoms with Gasteiger partial charge in [0.1, 0.15) is 5.82 Å². The lowest BCUT2D eigenvalue weighted by Crippen LogP contribution is -2.34. The molecule has 0 spiro atoms. The molecule has 1 fully saturated rings. The highest BCUT2D eigenvalue weighted by Gasteiger charge is 2.32. The van der Waals surface area contributed by atoms with Crippen molar-refractivity contribution in [2.75, 3.05) is 24.6 Å². The number of alkyl halides is 6. The van der Waals surface area contributed by atoms with E-state index in [4.69, 9.17) is 4.74 Å². The molecule has 13 heteroatoms. The quantitative estimate of drug-likeness (QED) is 0.487. The number of piperidine rings is 1. The van der Waals surface area contributed by atoms with Crippen LogP contribution in [0, 0.1) is 0 Å². The van der Waals surface area contributed by atoms with Crippen molar-refractivity contribution < 1.29 is 31.1 Å². The summed E-state index contributed by atoms with van der Waals surface area (Å²) in [4.78, 5) is 22.5. The van der Waals surface area contributed by atoms with Crippen LogP contribution in [0.3, 0.4) is 0 Å². The summed E-state index contributed by atoms with van der Waals surface area (Å²) in [5.41, 5.74) is -0.939. The fourth-order valence-electron chi connectivity index (χ4n) is 3.52. The molecule has 34 heavy (non-hydrogen) atoms. The zero-order valence-corrected chi connectivity index (χ0v) is 17.5. The molecule has 0 radical (unpaired) electrons. The van der Waals surface area contributed by atoms with Crippen LogP contribution in [0.2, 0.25) is 0 Å². The van der Waals surface area contributed by atoms with Gasteiger partial charge in [-0.15, -0.1) is 0 Å². The maximum Gasteiger partial charge on any atom is 0.422 e. The van der Waals surface area contributed by atoms with E-state index in [1.54, 1.807) is 18.5 Å². The van der Waals surface area contributed by atoms with Crippen molar-refractivity contribution in [3.8, 4) is 17.4 Å². The van der Waals surface area contributed by atoms with Gasteiger partial charge in [0.15, 0.2) is 12.4 Å². The Labute approximate surface area is 189 Å². The molecule has 0 atom stereocenters. The number of hydrogen-bond donors (Lipinski definition) is 0. The van der Waals surface area contributed by atoms with Crippen LogP contribution in [-0.2, 0) is 6.18 Å². The van der Waals surface area contributed by atoms with Crippen molar-refractivity contribution in [2.24, 2.45) is 0 Å². The first-order chi connectivity index (χ1) is 16.1. The molecule has 2 aromatic heterocycles. The van der Waals surface area contributed by atoms with Crippen molar-refractivity contribution in [3.05, 3.63) is 54.1 Å². The summed E-state index contributed by atoms with van der Waals surface area (Å²) in [5, 5.41) is 0. The van der Waals surface area contributed by atoms with Gasteiger partial charge in [-0.2, -0.15) is 36.3 Å². The number of anilines is 1. The zero-order chi connectivity index (χ0) is 24.3. The number of rotatable bonds is 5. The van der Waals surface area contributed by atoms with Crippen molar-refractivity contribution in [1.29, 1.82) is 0 Å². The van der Waals surface area contributed by atoms with E-state index in [0.29, 0.717) is 31.9 Å². The molecule has 3 aromatic rings. The maximum absolute atomic E-state index is 13.1. The Hall–Kier alpha value is -3.51. The summed E-state index contributed by atoms with van der Waals surface area (Å²) in [5.74, 6) is 0.256. The van der Waals surface area contributed by atoms with Crippen molar-refractivity contribution in [2.45, 2.75) is 31.1 Å². The van der Waals surface area contributed by atoms with E-state index in [-0.39, 0.29) is 23.1 Å². The molecule has 3 heterocycles. The van der Waals surface area contributed by atoms with E-state index in [9.17, 15) is 26.3 Å². The Morgan fingerprint density at radius 3 is 2.26 bits per heavy atom. The van der Waals surface area contributed by atoms with E-state index < -0.39 is 30.5 Å². The highest BCUT2D eigenvalue weighted by molar-refractivity contribution is 5.56. The molecule has 0 aliphatic carbocycles. The van der Waals surface area contributed by atoms with Crippen molar-refractivity contribution in [3.63, 3.8) is 0 Å². The van der Waals surface area contributed by atoms with Crippen LogP contribution in [-0.4, -0.2) is 50.8 Å². The second kappa shape index (κ2) is 9.39. The third kappa shape index (κ3) is 5.88. The molecule has 1 aromatic carbocycles. The second-order valence-electron chi connectivity index (χ2n) is 7.59. The summed E-state index contributed by atoms with van der Waals surface area (Å²) in [6.07, 6.45) is -4.94. The molecular formula is C21H18F6N6O. The van der Waals surface area contributed by atoms with Gasteiger partial charge in [-0.1, -0.05) is 12.1 Å². The van der Waals surface area contributed by atoms with Gasteiger partial charge >= 0.3 is 18.4 Å². The third-order valence-electron chi connectivity index (χ3n) is 5.14. The molecule has 0 bridgehead atoms. The fraction of sp³-hybridized carbons (Fsp3) is 0.381. The largest absolute Gasteiger partial charge is 0.454 e. The number of benzene rings is 1. The van der Waals surface area contributed by atoms with E-state index in [0.717, 1.165) is 12.1 Å². The first-order valence-electron chi connectivity index (χ1n) is 10.2. The van der Waals surface area contributed by atoms with Gasteiger partial charge in [0, 0.05) is 37.0 Å². The Bertz CT molecular complexity index is 1120. The monoisotopic (exact) mass is 484 g/mol. The highest BCUT2D eigenvalue weighted by Crippen LogP contribution is 2.33. The van der Waals surface area contributed by atoms with Crippen LogP contribution >= 0.6 is 0 Å². The number of nitrogens with zero attached hydrogens (tertiary/aromatic N) is 6. The number of hydrogen-bond acceptors (Lipinski definition) is 7. The van der Waals surface area contributed by atoms with Gasteiger partial charge in [0.05, 0.1) is 5.56 Å². The summed E-state index contributed by atoms with van der Waals surface area (Å²) in [7, 11) is 0. The summed E-state index contributed by atoms with van der Waals surface area (Å²) < 4.78 is 82.2. The smallest absolute Gasteiger partial charge is 0.422 e. The standard InChI is InChI=1S/C21H18F6N6O/c22-20(23,24)12-34-19-31-16(13-5-9-33(10-6-13)18-28-7-2-8-29-18)30-17(32-19)14-3-1-4-15(11-14)21(25,26)27/h1-4,7-8,11,13H,5-6,9-10,12H2. The molecule has 0 saturated carbocycles. The van der Waals surface area contributed by atoms with Crippen LogP contribution < -0.4 is 9.64 Å². The Balaban J connectivity index is 1.62. The summed E-state index contributed by atoms with van der Waals surface area (Å²) >= 11 is 0. The minimum absolute atomic E-state index is 0.00884. The lowest BCUT2D eigenvalue weighted by atomic mass is 9.96. The van der Waals surface area contributed by atoms with Crippen LogP contribution in [0.5, 0.6) is 6.01 Å². The maximum atomic E-state index is 13.1. The minimum Gasteiger partial charge on any atom is -0.454 e. The summed E-state index contributed by atoms with van der Waals surface area (Å²) in [6, 6.07) is 5.34. The SMILES string of the molecule is FC(F)(F)COc1nc(-c2cccc(C(F)(F)F)c2)nc(C2CCN(c3ncccn3)CC2)n1. The second-order valence-corrected chi connectivity index (χ2v) is 7.59. The normalized spacial score (nSPS) is 15.4. The first kappa shape index (κ1) is 23.6. The molecule has 7 nitrogen and oxygen atoms in total. The predicted octanol–water partition coefficient (Wildman–Crippen LogP) is 4.67. The third-order valence-corrected chi connectivity index (χ3v) is 5.14. The Morgan fingerprint density at radius 2 is 1.62 bits per heavy atom. The van der Waals surface area contributed by atoms with E-state index in [1.165, 1.54) is 12.1 Å². The van der Waals surface area contributed by atoms with Crippen LogP contribution in [0.25, 0.3) is 11.4 Å². The molecule has 180 valence electrons. The predicted molar refractivity (Wildman–Crippen MR) is 108 cm³/mol. The number of ether oxygens (including phenoxy) is 1. The molecule has 0 N–H and O–H groups in total. The topological polar surface area (TPSA) is 76.9 Å². The molecule has 1 aliphatic rings. The average molecular weight is 484 g/mol. The molecule has 0 unspecified atom stereocenters. The van der Waals surface area contributed by atoms with Gasteiger partial charge in [0.25, 0.3) is 0 Å². The van der Waals surface area contributed by atoms with Gasteiger partial charge < -0.3 is 9.64 Å². The van der Waals surface area contributed by atoms with Gasteiger partial charge in [0.2, 0.25) is 5.95 Å². The number of halogens is 6. The lowest BCUT2D eigenvalue weighted by Gasteiger charge is -2.31. The van der Waals surface area contributed by atoms with Gasteiger partial charge in [-0.25, -0.2) is 15.0 Å². The molecule has 0 amide bonds. The number of aromatic nitrogens is 5. The van der Waals surface area contributed by atoms with Crippen LogP contribution in [0.15, 0.2) is 42.7 Å². The van der Waals surface area contributed by atoms with Gasteiger partial charge in [-0.05, 0) is 31.0 Å². The van der Waals surface area contributed by atoms with Crippen LogP contribution in [0.1, 0.15) is 30.1 Å². The minimum atomic E-state index is -4.63. The lowest BCUT2D eigenvalue weighted by molar-refractivity contribution is -0.154. The Kier molecular flexibility index (Phi) is 6.53. The van der Waals surface area contributed by atoms with E-state index >= 15 is 0 Å². The van der Waals surface area contributed by atoms with Crippen LogP contribution in [0.4, 0.5) is 32.3 Å². The molecule has 1 aliphatic heterocycles. The van der Waals surface area contributed by atoms with Crippen molar-refractivity contribution in [1.82, 2.24) is 24.9 Å². The van der Waals surface area contributed by atoms with E-state index in [2.05, 4.69) is 24.9 Å². The Morgan fingerprint density at radius 1 is 0.912 bits per heavy atom. The van der Waals surface area contributed by atoms with E-state index in [1.807, 2.05) is 4.90 Å². The molecule has 4 rings (SSSR count). The highest BCUT2D eigenvalue weighted by atomic mass is 19.4. The zero-order valence-electron chi connectivity index (χ0n) is 17.5. The van der Waals surface area contributed by atoms with Crippen molar-refractivity contribution >= 4 is 5.95 Å².